The van der Waals surface area contributed by atoms with E-state index < -0.39 is 5.60 Å². The Morgan fingerprint density at radius 2 is 2.06 bits per heavy atom. The van der Waals surface area contributed by atoms with Crippen molar-refractivity contribution < 1.29 is 13.9 Å². The summed E-state index contributed by atoms with van der Waals surface area (Å²) in [7, 11) is 0. The van der Waals surface area contributed by atoms with E-state index in [1.165, 1.54) is 17.3 Å². The van der Waals surface area contributed by atoms with Gasteiger partial charge in [0.15, 0.2) is 0 Å². The van der Waals surface area contributed by atoms with Gasteiger partial charge >= 0.3 is 6.09 Å². The van der Waals surface area contributed by atoms with Gasteiger partial charge in [0, 0.05) is 29.7 Å². The smallest absolute Gasteiger partial charge is 0.407 e. The van der Waals surface area contributed by atoms with E-state index in [1.807, 2.05) is 26.8 Å². The van der Waals surface area contributed by atoms with Gasteiger partial charge in [0.25, 0.3) is 0 Å². The second-order valence-electron chi connectivity index (χ2n) is 10.1. The van der Waals surface area contributed by atoms with Gasteiger partial charge in [0.2, 0.25) is 0 Å². The lowest BCUT2D eigenvalue weighted by molar-refractivity contribution is 0.0526. The topological polar surface area (TPSA) is 57.4 Å². The molecule has 1 aliphatic heterocycles. The number of aromatic amines is 1. The predicted molar refractivity (Wildman–Crippen MR) is 124 cm³/mol. The zero-order chi connectivity index (χ0) is 22.6. The molecule has 1 amide bonds. The van der Waals surface area contributed by atoms with Crippen LogP contribution >= 0.6 is 0 Å². The third kappa shape index (κ3) is 6.45. The van der Waals surface area contributed by atoms with Crippen LogP contribution in [0.5, 0.6) is 0 Å². The molecule has 0 fully saturated rings. The van der Waals surface area contributed by atoms with Crippen LogP contribution in [0.4, 0.5) is 9.18 Å². The van der Waals surface area contributed by atoms with Crippen LogP contribution in [-0.2, 0) is 11.2 Å². The molecule has 3 rings (SSSR count). The molecule has 6 heteroatoms. The Morgan fingerprint density at radius 1 is 1.29 bits per heavy atom. The SMILES string of the molecule is CC(C)CC1c2[nH]c3ccc(F)cc3c2CCN1CCCCCNC(=O)OC(C)(C)C. The Kier molecular flexibility index (Phi) is 7.63. The van der Waals surface area contributed by atoms with E-state index in [2.05, 4.69) is 29.0 Å². The number of aromatic nitrogens is 1. The Hall–Kier alpha value is -2.08. The molecule has 0 spiro atoms. The minimum atomic E-state index is -0.461. The van der Waals surface area contributed by atoms with Gasteiger partial charge in [0.1, 0.15) is 11.4 Å². The van der Waals surface area contributed by atoms with Crippen molar-refractivity contribution in [3.8, 4) is 0 Å². The highest BCUT2D eigenvalue weighted by atomic mass is 19.1. The highest BCUT2D eigenvalue weighted by Gasteiger charge is 2.30. The fraction of sp³-hybridized carbons (Fsp3) is 0.640. The number of hydrogen-bond acceptors (Lipinski definition) is 3. The van der Waals surface area contributed by atoms with Gasteiger partial charge < -0.3 is 15.0 Å². The minimum absolute atomic E-state index is 0.169. The van der Waals surface area contributed by atoms with Crippen molar-refractivity contribution in [2.75, 3.05) is 19.6 Å². The summed E-state index contributed by atoms with van der Waals surface area (Å²) >= 11 is 0. The lowest BCUT2D eigenvalue weighted by atomic mass is 9.91. The lowest BCUT2D eigenvalue weighted by Gasteiger charge is -2.37. The normalized spacial score (nSPS) is 17.2. The zero-order valence-corrected chi connectivity index (χ0v) is 19.7. The van der Waals surface area contributed by atoms with Gasteiger partial charge in [-0.05, 0) is 82.7 Å². The predicted octanol–water partition coefficient (Wildman–Crippen LogP) is 5.95. The highest BCUT2D eigenvalue weighted by molar-refractivity contribution is 5.85. The summed E-state index contributed by atoms with van der Waals surface area (Å²) in [5.74, 6) is 0.414. The maximum absolute atomic E-state index is 13.8. The quantitative estimate of drug-likeness (QED) is 0.508. The first-order valence-electron chi connectivity index (χ1n) is 11.6. The van der Waals surface area contributed by atoms with E-state index in [1.54, 1.807) is 6.07 Å². The number of halogens is 1. The monoisotopic (exact) mass is 431 g/mol. The second-order valence-corrected chi connectivity index (χ2v) is 10.1. The van der Waals surface area contributed by atoms with Crippen LogP contribution in [0.15, 0.2) is 18.2 Å². The molecule has 2 aromatic rings. The van der Waals surface area contributed by atoms with Crippen LogP contribution in [0.1, 0.15) is 77.6 Å². The fourth-order valence-electron chi connectivity index (χ4n) is 4.49. The summed E-state index contributed by atoms with van der Waals surface area (Å²) in [6.07, 6.45) is 4.79. The molecule has 0 saturated heterocycles. The van der Waals surface area contributed by atoms with Crippen molar-refractivity contribution in [3.63, 3.8) is 0 Å². The second kappa shape index (κ2) is 10.0. The number of carbonyl (C=O) groups excluding carboxylic acids is 1. The average molecular weight is 432 g/mol. The molecule has 172 valence electrons. The van der Waals surface area contributed by atoms with E-state index in [4.69, 9.17) is 4.74 Å². The molecule has 0 aliphatic carbocycles. The molecular formula is C25H38FN3O2. The van der Waals surface area contributed by atoms with Gasteiger partial charge in [-0.3, -0.25) is 4.90 Å². The third-order valence-electron chi connectivity index (χ3n) is 5.81. The zero-order valence-electron chi connectivity index (χ0n) is 19.7. The molecular weight excluding hydrogens is 393 g/mol. The number of unbranched alkanes of at least 4 members (excludes halogenated alkanes) is 2. The van der Waals surface area contributed by atoms with Crippen molar-refractivity contribution in [1.29, 1.82) is 0 Å². The molecule has 1 atom stereocenters. The van der Waals surface area contributed by atoms with Gasteiger partial charge in [-0.25, -0.2) is 9.18 Å². The molecule has 31 heavy (non-hydrogen) atoms. The molecule has 1 aliphatic rings. The maximum atomic E-state index is 13.8. The molecule has 0 radical (unpaired) electrons. The Bertz CT molecular complexity index is 885. The van der Waals surface area contributed by atoms with E-state index in [0.717, 1.165) is 56.1 Å². The maximum Gasteiger partial charge on any atom is 0.407 e. The first-order chi connectivity index (χ1) is 14.6. The van der Waals surface area contributed by atoms with Crippen LogP contribution < -0.4 is 5.32 Å². The fourth-order valence-corrected chi connectivity index (χ4v) is 4.49. The Balaban J connectivity index is 1.54. The van der Waals surface area contributed by atoms with E-state index in [0.29, 0.717) is 18.5 Å². The summed E-state index contributed by atoms with van der Waals surface area (Å²) in [6, 6.07) is 5.41. The average Bonchev–Trinajstić information content (AvgIpc) is 3.02. The third-order valence-corrected chi connectivity index (χ3v) is 5.81. The molecule has 2 N–H and O–H groups in total. The van der Waals surface area contributed by atoms with Crippen molar-refractivity contribution in [1.82, 2.24) is 15.2 Å². The van der Waals surface area contributed by atoms with Crippen LogP contribution in [0.3, 0.4) is 0 Å². The number of benzene rings is 1. The van der Waals surface area contributed by atoms with Gasteiger partial charge in [-0.1, -0.05) is 20.3 Å². The Morgan fingerprint density at radius 3 is 2.77 bits per heavy atom. The summed E-state index contributed by atoms with van der Waals surface area (Å²) < 4.78 is 19.1. The largest absolute Gasteiger partial charge is 0.444 e. The van der Waals surface area contributed by atoms with E-state index in [-0.39, 0.29) is 11.9 Å². The molecule has 1 aromatic heterocycles. The van der Waals surface area contributed by atoms with Crippen molar-refractivity contribution >= 4 is 17.0 Å². The lowest BCUT2D eigenvalue weighted by Crippen LogP contribution is -2.37. The minimum Gasteiger partial charge on any atom is -0.444 e. The van der Waals surface area contributed by atoms with Crippen molar-refractivity contribution in [2.24, 2.45) is 5.92 Å². The van der Waals surface area contributed by atoms with E-state index in [9.17, 15) is 9.18 Å². The van der Waals surface area contributed by atoms with Gasteiger partial charge in [0.05, 0.1) is 6.04 Å². The standard InChI is InChI=1S/C25H38FN3O2/c1-17(2)15-22-23-19(20-16-18(26)9-10-21(20)28-23)11-14-29(22)13-8-6-7-12-27-24(30)31-25(3,4)5/h9-10,16-17,22,28H,6-8,11-15H2,1-5H3,(H,27,30). The first kappa shape index (κ1) is 23.6. The number of ether oxygens (including phenoxy) is 1. The van der Waals surface area contributed by atoms with Crippen LogP contribution in [-0.4, -0.2) is 41.2 Å². The number of hydrogen-bond donors (Lipinski definition) is 2. The number of fused-ring (bicyclic) bond motifs is 3. The van der Waals surface area contributed by atoms with Crippen LogP contribution in [0.25, 0.3) is 10.9 Å². The summed E-state index contributed by atoms with van der Waals surface area (Å²) in [4.78, 5) is 17.9. The molecule has 1 aromatic carbocycles. The number of nitrogens with zero attached hydrogens (tertiary/aromatic N) is 1. The molecule has 5 nitrogen and oxygen atoms in total. The number of amides is 1. The Labute approximate surface area is 185 Å². The number of alkyl carbamates (subject to hydrolysis) is 1. The van der Waals surface area contributed by atoms with Crippen LogP contribution in [0.2, 0.25) is 0 Å². The number of carbonyl (C=O) groups is 1. The summed E-state index contributed by atoms with van der Waals surface area (Å²) in [5, 5.41) is 3.87. The molecule has 1 unspecified atom stereocenters. The summed E-state index contributed by atoms with van der Waals surface area (Å²) in [5.41, 5.74) is 3.14. The summed E-state index contributed by atoms with van der Waals surface area (Å²) in [6.45, 7) is 12.8. The number of H-pyrrole nitrogens is 1. The highest BCUT2D eigenvalue weighted by Crippen LogP contribution is 2.38. The van der Waals surface area contributed by atoms with Crippen LogP contribution in [0, 0.1) is 11.7 Å². The van der Waals surface area contributed by atoms with E-state index >= 15 is 0 Å². The molecule has 2 heterocycles. The first-order valence-corrected chi connectivity index (χ1v) is 11.6. The van der Waals surface area contributed by atoms with Crippen molar-refractivity contribution in [2.45, 2.75) is 78.4 Å². The molecule has 0 saturated carbocycles. The van der Waals surface area contributed by atoms with Gasteiger partial charge in [-0.2, -0.15) is 0 Å². The number of rotatable bonds is 8. The molecule has 0 bridgehead atoms. The number of nitrogens with one attached hydrogen (secondary N) is 2. The van der Waals surface area contributed by atoms with Crippen molar-refractivity contribution in [3.05, 3.63) is 35.3 Å². The van der Waals surface area contributed by atoms with Gasteiger partial charge in [-0.15, -0.1) is 0 Å².